The van der Waals surface area contributed by atoms with E-state index in [9.17, 15) is 9.59 Å². The van der Waals surface area contributed by atoms with Crippen molar-refractivity contribution in [2.24, 2.45) is 11.1 Å². The minimum absolute atomic E-state index is 0.0144. The molecule has 1 heterocycles. The second-order valence-electron chi connectivity index (χ2n) is 8.10. The van der Waals surface area contributed by atoms with Crippen molar-refractivity contribution in [1.29, 1.82) is 0 Å². The molecule has 0 saturated carbocycles. The van der Waals surface area contributed by atoms with Crippen LogP contribution in [0, 0.1) is 5.41 Å². The maximum absolute atomic E-state index is 13.2. The van der Waals surface area contributed by atoms with Gasteiger partial charge in [0.25, 0.3) is 0 Å². The van der Waals surface area contributed by atoms with Crippen LogP contribution in [0.15, 0.2) is 24.3 Å². The number of hydrogen-bond donors (Lipinski definition) is 1. The van der Waals surface area contributed by atoms with Crippen molar-refractivity contribution in [2.45, 2.75) is 52.2 Å². The van der Waals surface area contributed by atoms with Crippen molar-refractivity contribution < 1.29 is 9.59 Å². The molecule has 0 spiro atoms. The molecule has 1 aliphatic rings. The molecule has 0 unspecified atom stereocenters. The van der Waals surface area contributed by atoms with Crippen LogP contribution in [0.4, 0.5) is 0 Å². The predicted molar refractivity (Wildman–Crippen MR) is 95.2 cm³/mol. The SMILES string of the molecule is CN(C)[C@@H](CC(C)(C)C)C(=O)N1Cc2ccccc2C[C@H]1C(N)=O. The number of benzene rings is 1. The lowest BCUT2D eigenvalue weighted by Gasteiger charge is -2.40. The quantitative estimate of drug-likeness (QED) is 0.915. The summed E-state index contributed by atoms with van der Waals surface area (Å²) in [4.78, 5) is 28.8. The van der Waals surface area contributed by atoms with E-state index in [4.69, 9.17) is 5.73 Å². The third kappa shape index (κ3) is 4.15. The first-order valence-corrected chi connectivity index (χ1v) is 8.43. The lowest BCUT2D eigenvalue weighted by Crippen LogP contribution is -2.56. The van der Waals surface area contributed by atoms with E-state index in [-0.39, 0.29) is 17.4 Å². The molecule has 1 aromatic carbocycles. The van der Waals surface area contributed by atoms with Gasteiger partial charge in [0.1, 0.15) is 6.04 Å². The molecule has 0 bridgehead atoms. The van der Waals surface area contributed by atoms with E-state index < -0.39 is 11.9 Å². The highest BCUT2D eigenvalue weighted by atomic mass is 16.2. The van der Waals surface area contributed by atoms with E-state index in [1.54, 1.807) is 4.90 Å². The molecular formula is C19H29N3O2. The van der Waals surface area contributed by atoms with Crippen LogP contribution in [-0.2, 0) is 22.6 Å². The standard InChI is InChI=1S/C19H29N3O2/c1-19(2,3)11-16(21(4)5)18(24)22-12-14-9-7-6-8-13(14)10-15(22)17(20)23/h6-9,15-16H,10-12H2,1-5H3,(H2,20,23)/t15-,16-/m0/s1. The summed E-state index contributed by atoms with van der Waals surface area (Å²) in [5.74, 6) is -0.459. The fourth-order valence-electron chi connectivity index (χ4n) is 3.27. The Labute approximate surface area is 144 Å². The highest BCUT2D eigenvalue weighted by molar-refractivity contribution is 5.89. The lowest BCUT2D eigenvalue weighted by molar-refractivity contribution is -0.145. The molecule has 1 aromatic rings. The normalized spacial score (nSPS) is 19.1. The summed E-state index contributed by atoms with van der Waals surface area (Å²) in [6.45, 7) is 6.80. The Balaban J connectivity index is 2.32. The highest BCUT2D eigenvalue weighted by Crippen LogP contribution is 2.28. The molecule has 2 atom stereocenters. The van der Waals surface area contributed by atoms with Crippen molar-refractivity contribution in [3.05, 3.63) is 35.4 Å². The molecule has 1 aliphatic heterocycles. The Hall–Kier alpha value is -1.88. The summed E-state index contributed by atoms with van der Waals surface area (Å²) >= 11 is 0. The summed E-state index contributed by atoms with van der Waals surface area (Å²) in [7, 11) is 3.82. The Morgan fingerprint density at radius 1 is 1.25 bits per heavy atom. The Bertz CT molecular complexity index is 619. The monoisotopic (exact) mass is 331 g/mol. The van der Waals surface area contributed by atoms with Gasteiger partial charge >= 0.3 is 0 Å². The number of rotatable bonds is 4. The van der Waals surface area contributed by atoms with E-state index in [0.29, 0.717) is 13.0 Å². The van der Waals surface area contributed by atoms with E-state index in [2.05, 4.69) is 20.8 Å². The first-order valence-electron chi connectivity index (χ1n) is 8.43. The third-order valence-corrected chi connectivity index (χ3v) is 4.57. The fraction of sp³-hybridized carbons (Fsp3) is 0.579. The van der Waals surface area contributed by atoms with Crippen molar-refractivity contribution in [3.8, 4) is 0 Å². The number of likely N-dealkylation sites (N-methyl/N-ethyl adjacent to an activating group) is 1. The van der Waals surface area contributed by atoms with E-state index in [0.717, 1.165) is 17.5 Å². The number of hydrogen-bond acceptors (Lipinski definition) is 3. The van der Waals surface area contributed by atoms with Gasteiger partial charge in [0.15, 0.2) is 0 Å². The van der Waals surface area contributed by atoms with Crippen LogP contribution in [0.3, 0.4) is 0 Å². The van der Waals surface area contributed by atoms with Crippen LogP contribution >= 0.6 is 0 Å². The second kappa shape index (κ2) is 6.93. The van der Waals surface area contributed by atoms with Crippen LogP contribution in [0.25, 0.3) is 0 Å². The van der Waals surface area contributed by atoms with Gasteiger partial charge in [0, 0.05) is 13.0 Å². The van der Waals surface area contributed by atoms with Crippen molar-refractivity contribution in [2.75, 3.05) is 14.1 Å². The molecule has 5 heteroatoms. The molecule has 0 aromatic heterocycles. The Morgan fingerprint density at radius 3 is 2.33 bits per heavy atom. The summed E-state index contributed by atoms with van der Waals surface area (Å²) in [5, 5.41) is 0. The molecular weight excluding hydrogens is 302 g/mol. The number of carbonyl (C=O) groups is 2. The molecule has 2 rings (SSSR count). The van der Waals surface area contributed by atoms with Crippen LogP contribution in [0.5, 0.6) is 0 Å². The van der Waals surface area contributed by atoms with Crippen LogP contribution in [0.1, 0.15) is 38.3 Å². The topological polar surface area (TPSA) is 66.6 Å². The van der Waals surface area contributed by atoms with Gasteiger partial charge in [-0.1, -0.05) is 45.0 Å². The van der Waals surface area contributed by atoms with Gasteiger partial charge in [-0.25, -0.2) is 0 Å². The summed E-state index contributed by atoms with van der Waals surface area (Å²) < 4.78 is 0. The van der Waals surface area contributed by atoms with Crippen molar-refractivity contribution in [1.82, 2.24) is 9.80 Å². The van der Waals surface area contributed by atoms with Crippen molar-refractivity contribution >= 4 is 11.8 Å². The summed E-state index contributed by atoms with van der Waals surface area (Å²) in [6, 6.07) is 7.10. The summed E-state index contributed by atoms with van der Waals surface area (Å²) in [6.07, 6.45) is 1.22. The van der Waals surface area contributed by atoms with Crippen LogP contribution in [-0.4, -0.2) is 47.8 Å². The van der Waals surface area contributed by atoms with Crippen molar-refractivity contribution in [3.63, 3.8) is 0 Å². The number of fused-ring (bicyclic) bond motifs is 1. The van der Waals surface area contributed by atoms with E-state index in [1.807, 2.05) is 43.3 Å². The number of nitrogens with two attached hydrogens (primary N) is 1. The number of amides is 2. The molecule has 0 radical (unpaired) electrons. The Kier molecular flexibility index (Phi) is 5.33. The first kappa shape index (κ1) is 18.5. The zero-order valence-corrected chi connectivity index (χ0v) is 15.4. The highest BCUT2D eigenvalue weighted by Gasteiger charge is 2.38. The molecule has 2 amide bonds. The zero-order valence-electron chi connectivity index (χ0n) is 15.4. The first-order chi connectivity index (χ1) is 11.1. The smallest absolute Gasteiger partial charge is 0.240 e. The largest absolute Gasteiger partial charge is 0.368 e. The third-order valence-electron chi connectivity index (χ3n) is 4.57. The fourth-order valence-corrected chi connectivity index (χ4v) is 3.27. The van der Waals surface area contributed by atoms with Gasteiger partial charge in [-0.2, -0.15) is 0 Å². The van der Waals surface area contributed by atoms with Gasteiger partial charge < -0.3 is 10.6 Å². The molecule has 0 saturated heterocycles. The van der Waals surface area contributed by atoms with Gasteiger partial charge in [0.2, 0.25) is 11.8 Å². The second-order valence-corrected chi connectivity index (χ2v) is 8.10. The van der Waals surface area contributed by atoms with Gasteiger partial charge in [-0.05, 0) is 37.1 Å². The minimum Gasteiger partial charge on any atom is -0.368 e. The molecule has 132 valence electrons. The molecule has 24 heavy (non-hydrogen) atoms. The average Bonchev–Trinajstić information content (AvgIpc) is 2.49. The van der Waals surface area contributed by atoms with Gasteiger partial charge in [-0.15, -0.1) is 0 Å². The molecule has 2 N–H and O–H groups in total. The maximum Gasteiger partial charge on any atom is 0.240 e. The average molecular weight is 331 g/mol. The van der Waals surface area contributed by atoms with E-state index >= 15 is 0 Å². The molecule has 0 aliphatic carbocycles. The number of primary amides is 1. The van der Waals surface area contributed by atoms with Crippen LogP contribution < -0.4 is 5.73 Å². The molecule has 0 fully saturated rings. The maximum atomic E-state index is 13.2. The number of nitrogens with zero attached hydrogens (tertiary/aromatic N) is 2. The van der Waals surface area contributed by atoms with E-state index in [1.165, 1.54) is 0 Å². The van der Waals surface area contributed by atoms with Crippen LogP contribution in [0.2, 0.25) is 0 Å². The van der Waals surface area contributed by atoms with Gasteiger partial charge in [-0.3, -0.25) is 14.5 Å². The predicted octanol–water partition coefficient (Wildman–Crippen LogP) is 1.79. The molecule has 5 nitrogen and oxygen atoms in total. The zero-order chi connectivity index (χ0) is 18.1. The number of carbonyl (C=O) groups excluding carboxylic acids is 2. The Morgan fingerprint density at radius 2 is 1.83 bits per heavy atom. The minimum atomic E-state index is -0.574. The summed E-state index contributed by atoms with van der Waals surface area (Å²) in [5.41, 5.74) is 7.82. The van der Waals surface area contributed by atoms with Gasteiger partial charge in [0.05, 0.1) is 6.04 Å². The lowest BCUT2D eigenvalue weighted by atomic mass is 9.86.